The molecule has 1 heterocycles. The van der Waals surface area contributed by atoms with E-state index in [0.717, 1.165) is 56.2 Å². The number of carboxylic acids is 1. The van der Waals surface area contributed by atoms with Crippen molar-refractivity contribution in [3.8, 4) is 0 Å². The highest BCUT2D eigenvalue weighted by molar-refractivity contribution is 5.97. The van der Waals surface area contributed by atoms with Crippen molar-refractivity contribution in [2.45, 2.75) is 96.6 Å². The van der Waals surface area contributed by atoms with Gasteiger partial charge in [-0.3, -0.25) is 9.59 Å². The molecule has 3 rings (SSSR count). The summed E-state index contributed by atoms with van der Waals surface area (Å²) >= 11 is 0. The largest absolute Gasteiger partial charge is 0.480 e. The van der Waals surface area contributed by atoms with Crippen LogP contribution in [0.5, 0.6) is 0 Å². The molecule has 0 bridgehead atoms. The molecule has 0 unspecified atom stereocenters. The van der Waals surface area contributed by atoms with E-state index in [0.29, 0.717) is 12.5 Å². The second kappa shape index (κ2) is 9.14. The van der Waals surface area contributed by atoms with Gasteiger partial charge in [0.05, 0.1) is 0 Å². The Morgan fingerprint density at radius 3 is 2.34 bits per heavy atom. The van der Waals surface area contributed by atoms with Crippen LogP contribution in [-0.4, -0.2) is 27.1 Å². The number of aliphatic carboxylic acids is 1. The Bertz CT molecular complexity index is 819. The maximum absolute atomic E-state index is 13.4. The summed E-state index contributed by atoms with van der Waals surface area (Å²) in [4.78, 5) is 37.7. The summed E-state index contributed by atoms with van der Waals surface area (Å²) in [5.41, 5.74) is 0.554. The van der Waals surface area contributed by atoms with Gasteiger partial charge in [-0.15, -0.1) is 0 Å². The van der Waals surface area contributed by atoms with E-state index in [1.165, 1.54) is 39.5 Å². The number of carboxylic acid groups (broad SMARTS) is 1. The summed E-state index contributed by atoms with van der Waals surface area (Å²) in [7, 11) is 0. The van der Waals surface area contributed by atoms with Crippen LogP contribution in [-0.2, 0) is 24.2 Å². The number of hydrogen-bond donors (Lipinski definition) is 2. The van der Waals surface area contributed by atoms with Crippen LogP contribution in [0.4, 0.5) is 0 Å². The highest BCUT2D eigenvalue weighted by Crippen LogP contribution is 2.27. The highest BCUT2D eigenvalue weighted by Gasteiger charge is 2.31. The summed E-state index contributed by atoms with van der Waals surface area (Å²) in [6.45, 7) is 3.54. The van der Waals surface area contributed by atoms with E-state index in [-0.39, 0.29) is 11.1 Å². The average Bonchev–Trinajstić information content (AvgIpc) is 2.65. The second-order valence-electron chi connectivity index (χ2n) is 9.25. The SMILES string of the molecule is CC(C)(NC(=O)c1cc2c(n(CC3CCCCC3)c1=O)CCCCCC2)C(=O)O. The molecule has 2 N–H and O–H groups in total. The zero-order valence-corrected chi connectivity index (χ0v) is 17.8. The van der Waals surface area contributed by atoms with Gasteiger partial charge in [-0.1, -0.05) is 32.1 Å². The lowest BCUT2D eigenvalue weighted by molar-refractivity contribution is -0.143. The fourth-order valence-electron chi connectivity index (χ4n) is 4.62. The van der Waals surface area contributed by atoms with Gasteiger partial charge >= 0.3 is 5.97 Å². The molecular formula is C23H34N2O4. The van der Waals surface area contributed by atoms with E-state index in [1.54, 1.807) is 6.07 Å². The molecule has 6 nitrogen and oxygen atoms in total. The topological polar surface area (TPSA) is 88.4 Å². The van der Waals surface area contributed by atoms with Gasteiger partial charge in [0.25, 0.3) is 11.5 Å². The van der Waals surface area contributed by atoms with Crippen LogP contribution in [0.1, 0.15) is 93.3 Å². The Morgan fingerprint density at radius 1 is 1.07 bits per heavy atom. The third-order valence-corrected chi connectivity index (χ3v) is 6.47. The van der Waals surface area contributed by atoms with E-state index < -0.39 is 17.4 Å². The number of aryl methyl sites for hydroxylation is 1. The van der Waals surface area contributed by atoms with Gasteiger partial charge < -0.3 is 15.0 Å². The second-order valence-corrected chi connectivity index (χ2v) is 9.25. The normalized spacial score (nSPS) is 18.4. The number of carbonyl (C=O) groups is 2. The monoisotopic (exact) mass is 402 g/mol. The summed E-state index contributed by atoms with van der Waals surface area (Å²) < 4.78 is 1.86. The first-order valence-electron chi connectivity index (χ1n) is 11.1. The van der Waals surface area contributed by atoms with Gasteiger partial charge in [-0.25, -0.2) is 4.79 Å². The molecular weight excluding hydrogens is 368 g/mol. The fraction of sp³-hybridized carbons (Fsp3) is 0.696. The Balaban J connectivity index is 2.01. The molecule has 1 aromatic rings. The Hall–Kier alpha value is -2.11. The molecule has 29 heavy (non-hydrogen) atoms. The van der Waals surface area contributed by atoms with Crippen LogP contribution < -0.4 is 10.9 Å². The summed E-state index contributed by atoms with van der Waals surface area (Å²) in [6, 6.07) is 1.73. The van der Waals surface area contributed by atoms with Crippen LogP contribution in [0.2, 0.25) is 0 Å². The number of carbonyl (C=O) groups excluding carboxylic acids is 1. The first kappa shape index (κ1) is 21.6. The first-order chi connectivity index (χ1) is 13.8. The van der Waals surface area contributed by atoms with Crippen LogP contribution in [0, 0.1) is 5.92 Å². The van der Waals surface area contributed by atoms with Gasteiger partial charge in [-0.2, -0.15) is 0 Å². The van der Waals surface area contributed by atoms with E-state index >= 15 is 0 Å². The molecule has 0 aromatic carbocycles. The lowest BCUT2D eigenvalue weighted by Gasteiger charge is -2.27. The Kier molecular flexibility index (Phi) is 6.81. The Labute approximate surface area is 172 Å². The number of aromatic nitrogens is 1. The molecule has 160 valence electrons. The molecule has 0 radical (unpaired) electrons. The highest BCUT2D eigenvalue weighted by atomic mass is 16.4. The van der Waals surface area contributed by atoms with Crippen LogP contribution in [0.25, 0.3) is 0 Å². The lowest BCUT2D eigenvalue weighted by atomic mass is 9.88. The van der Waals surface area contributed by atoms with Crippen molar-refractivity contribution < 1.29 is 14.7 Å². The van der Waals surface area contributed by atoms with Gasteiger partial charge in [0.15, 0.2) is 0 Å². The third kappa shape index (κ3) is 5.09. The number of rotatable bonds is 5. The first-order valence-corrected chi connectivity index (χ1v) is 11.1. The van der Waals surface area contributed by atoms with Crippen molar-refractivity contribution in [2.75, 3.05) is 0 Å². The molecule has 2 aliphatic rings. The zero-order chi connectivity index (χ0) is 21.0. The summed E-state index contributed by atoms with van der Waals surface area (Å²) in [6.07, 6.45) is 12.1. The van der Waals surface area contributed by atoms with Gasteiger partial charge in [0, 0.05) is 12.2 Å². The summed E-state index contributed by atoms with van der Waals surface area (Å²) in [5.74, 6) is -1.24. The molecule has 1 aromatic heterocycles. The van der Waals surface area contributed by atoms with Crippen molar-refractivity contribution >= 4 is 11.9 Å². The van der Waals surface area contributed by atoms with Crippen molar-refractivity contribution in [3.63, 3.8) is 0 Å². The molecule has 0 atom stereocenters. The molecule has 6 heteroatoms. The predicted molar refractivity (Wildman–Crippen MR) is 112 cm³/mol. The molecule has 0 aliphatic heterocycles. The maximum atomic E-state index is 13.4. The fourth-order valence-corrected chi connectivity index (χ4v) is 4.62. The summed E-state index contributed by atoms with van der Waals surface area (Å²) in [5, 5.41) is 11.9. The number of amides is 1. The van der Waals surface area contributed by atoms with Crippen LogP contribution in [0.3, 0.4) is 0 Å². The van der Waals surface area contributed by atoms with E-state index in [4.69, 9.17) is 0 Å². The molecule has 1 amide bonds. The van der Waals surface area contributed by atoms with E-state index in [1.807, 2.05) is 4.57 Å². The number of nitrogens with one attached hydrogen (secondary N) is 1. The van der Waals surface area contributed by atoms with Gasteiger partial charge in [0.1, 0.15) is 11.1 Å². The van der Waals surface area contributed by atoms with Crippen LogP contribution >= 0.6 is 0 Å². The molecule has 1 fully saturated rings. The molecule has 0 saturated heterocycles. The zero-order valence-electron chi connectivity index (χ0n) is 17.8. The third-order valence-electron chi connectivity index (χ3n) is 6.47. The standard InChI is InChI=1S/C23H34N2O4/c1-23(2,22(28)29)24-20(26)18-14-17-12-8-3-4-9-13-19(17)25(21(18)27)15-16-10-6-5-7-11-16/h14,16H,3-13,15H2,1-2H3,(H,24,26)(H,28,29). The van der Waals surface area contributed by atoms with Crippen molar-refractivity contribution in [1.82, 2.24) is 9.88 Å². The van der Waals surface area contributed by atoms with Crippen molar-refractivity contribution in [3.05, 3.63) is 33.2 Å². The minimum Gasteiger partial charge on any atom is -0.480 e. The number of nitrogens with zero attached hydrogens (tertiary/aromatic N) is 1. The Morgan fingerprint density at radius 2 is 1.69 bits per heavy atom. The molecule has 1 saturated carbocycles. The van der Waals surface area contributed by atoms with Gasteiger partial charge in [0.2, 0.25) is 0 Å². The number of pyridine rings is 1. The predicted octanol–water partition coefficient (Wildman–Crippen LogP) is 3.68. The lowest BCUT2D eigenvalue weighted by Crippen LogP contribution is -2.51. The quantitative estimate of drug-likeness (QED) is 0.786. The molecule has 2 aliphatic carbocycles. The minimum absolute atomic E-state index is 0.0782. The minimum atomic E-state index is -1.43. The number of hydrogen-bond acceptors (Lipinski definition) is 3. The number of fused-ring (bicyclic) bond motifs is 1. The maximum Gasteiger partial charge on any atom is 0.328 e. The van der Waals surface area contributed by atoms with Gasteiger partial charge in [-0.05, 0) is 69.9 Å². The smallest absolute Gasteiger partial charge is 0.328 e. The van der Waals surface area contributed by atoms with Crippen molar-refractivity contribution in [2.24, 2.45) is 5.92 Å². The van der Waals surface area contributed by atoms with Crippen LogP contribution in [0.15, 0.2) is 10.9 Å². The average molecular weight is 403 g/mol. The van der Waals surface area contributed by atoms with E-state index in [9.17, 15) is 19.5 Å². The van der Waals surface area contributed by atoms with Crippen molar-refractivity contribution in [1.29, 1.82) is 0 Å². The van der Waals surface area contributed by atoms with E-state index in [2.05, 4.69) is 5.32 Å². The molecule has 0 spiro atoms.